The van der Waals surface area contributed by atoms with E-state index in [1.807, 2.05) is 24.3 Å². The van der Waals surface area contributed by atoms with E-state index in [0.29, 0.717) is 12.2 Å². The van der Waals surface area contributed by atoms with Crippen molar-refractivity contribution in [2.45, 2.75) is 13.2 Å². The average Bonchev–Trinajstić information content (AvgIpc) is 3.05. The average molecular weight is 333 g/mol. The fraction of sp³-hybridized carbons (Fsp3) is 0.125. The molecule has 0 radical (unpaired) electrons. The van der Waals surface area contributed by atoms with Gasteiger partial charge in [0.05, 0.1) is 23.5 Å². The van der Waals surface area contributed by atoms with E-state index in [1.54, 1.807) is 23.0 Å². The Bertz CT molecular complexity index is 804. The molecule has 0 fully saturated rings. The van der Waals surface area contributed by atoms with Gasteiger partial charge in [-0.15, -0.1) is 5.10 Å². The molecule has 0 atom stereocenters. The topological polar surface area (TPSA) is 63.0 Å². The maximum Gasteiger partial charge on any atom is 0.141 e. The quantitative estimate of drug-likeness (QED) is 0.753. The Balaban J connectivity index is 1.66. The first-order valence-corrected chi connectivity index (χ1v) is 7.34. The lowest BCUT2D eigenvalue weighted by Crippen LogP contribution is -2.00. The van der Waals surface area contributed by atoms with Crippen LogP contribution in [0.5, 0.6) is 0 Å². The molecule has 0 aliphatic rings. The second kappa shape index (κ2) is 6.76. The van der Waals surface area contributed by atoms with Gasteiger partial charge in [-0.25, -0.2) is 9.07 Å². The zero-order valence-corrected chi connectivity index (χ0v) is 12.8. The lowest BCUT2D eigenvalue weighted by molar-refractivity contribution is 0.276. The van der Waals surface area contributed by atoms with E-state index in [0.717, 1.165) is 16.9 Å². The molecule has 0 saturated carbocycles. The Morgan fingerprint density at radius 1 is 1.17 bits per heavy atom. The normalized spacial score (nSPS) is 10.7. The molecule has 0 unspecified atom stereocenters. The van der Waals surface area contributed by atoms with Gasteiger partial charge in [-0.1, -0.05) is 22.9 Å². The number of halogens is 2. The van der Waals surface area contributed by atoms with E-state index in [1.165, 1.54) is 6.07 Å². The lowest BCUT2D eigenvalue weighted by Gasteiger charge is -2.08. The van der Waals surface area contributed by atoms with Crippen molar-refractivity contribution in [3.63, 3.8) is 0 Å². The van der Waals surface area contributed by atoms with Crippen LogP contribution < -0.4 is 5.32 Å². The molecule has 5 nitrogen and oxygen atoms in total. The van der Waals surface area contributed by atoms with Crippen LogP contribution in [0.3, 0.4) is 0 Å². The molecular weight excluding hydrogens is 319 g/mol. The van der Waals surface area contributed by atoms with Gasteiger partial charge in [-0.2, -0.15) is 0 Å². The largest absolute Gasteiger partial charge is 0.390 e. The standard InChI is InChI=1S/C16H14ClFN4O/c17-15-7-11(1-6-16(15)18)8-19-12-2-4-14(5-3-12)22-9-13(10-23)20-21-22/h1-7,9,19,23H,8,10H2. The molecular formula is C16H14ClFN4O. The molecule has 1 aromatic heterocycles. The summed E-state index contributed by atoms with van der Waals surface area (Å²) in [6.45, 7) is 0.400. The molecule has 0 aliphatic carbocycles. The highest BCUT2D eigenvalue weighted by atomic mass is 35.5. The van der Waals surface area contributed by atoms with Gasteiger partial charge < -0.3 is 10.4 Å². The van der Waals surface area contributed by atoms with E-state index in [9.17, 15) is 4.39 Å². The SMILES string of the molecule is OCc1cn(-c2ccc(NCc3ccc(F)c(Cl)c3)cc2)nn1. The maximum absolute atomic E-state index is 13.1. The van der Waals surface area contributed by atoms with Gasteiger partial charge >= 0.3 is 0 Å². The van der Waals surface area contributed by atoms with E-state index in [2.05, 4.69) is 15.6 Å². The summed E-state index contributed by atoms with van der Waals surface area (Å²) < 4.78 is 14.7. The van der Waals surface area contributed by atoms with Gasteiger partial charge in [0.15, 0.2) is 0 Å². The van der Waals surface area contributed by atoms with Crippen molar-refractivity contribution in [3.8, 4) is 5.69 Å². The second-order valence-electron chi connectivity index (χ2n) is 4.96. The zero-order valence-electron chi connectivity index (χ0n) is 12.1. The molecule has 3 aromatic rings. The van der Waals surface area contributed by atoms with Crippen molar-refractivity contribution in [3.05, 3.63) is 70.8 Å². The molecule has 0 bridgehead atoms. The molecule has 0 amide bonds. The van der Waals surface area contributed by atoms with Crippen molar-refractivity contribution in [2.75, 3.05) is 5.32 Å². The van der Waals surface area contributed by atoms with Crippen LogP contribution in [0, 0.1) is 5.82 Å². The smallest absolute Gasteiger partial charge is 0.141 e. The van der Waals surface area contributed by atoms with Gasteiger partial charge in [0.1, 0.15) is 11.5 Å². The number of aromatic nitrogens is 3. The monoisotopic (exact) mass is 332 g/mol. The summed E-state index contributed by atoms with van der Waals surface area (Å²) in [5.74, 6) is -0.421. The highest BCUT2D eigenvalue weighted by Gasteiger charge is 2.03. The summed E-state index contributed by atoms with van der Waals surface area (Å²) in [6.07, 6.45) is 1.67. The van der Waals surface area contributed by atoms with Gasteiger partial charge in [-0.05, 0) is 42.0 Å². The molecule has 0 aliphatic heterocycles. The van der Waals surface area contributed by atoms with Crippen molar-refractivity contribution >= 4 is 17.3 Å². The van der Waals surface area contributed by atoms with Crippen molar-refractivity contribution in [1.82, 2.24) is 15.0 Å². The molecule has 23 heavy (non-hydrogen) atoms. The van der Waals surface area contributed by atoms with Crippen molar-refractivity contribution < 1.29 is 9.50 Å². The molecule has 0 spiro atoms. The molecule has 118 valence electrons. The third kappa shape index (κ3) is 3.67. The molecule has 2 N–H and O–H groups in total. The number of rotatable bonds is 5. The van der Waals surface area contributed by atoms with Crippen LogP contribution in [0.15, 0.2) is 48.7 Å². The van der Waals surface area contributed by atoms with Gasteiger partial charge in [-0.3, -0.25) is 0 Å². The van der Waals surface area contributed by atoms with Crippen molar-refractivity contribution in [2.24, 2.45) is 0 Å². The first-order valence-electron chi connectivity index (χ1n) is 6.96. The minimum atomic E-state index is -0.421. The number of hydrogen-bond donors (Lipinski definition) is 2. The molecule has 3 rings (SSSR count). The van der Waals surface area contributed by atoms with Gasteiger partial charge in [0, 0.05) is 12.2 Å². The molecule has 2 aromatic carbocycles. The Labute approximate surface area is 137 Å². The predicted octanol–water partition coefficient (Wildman–Crippen LogP) is 3.16. The van der Waals surface area contributed by atoms with Crippen LogP contribution in [-0.2, 0) is 13.2 Å². The summed E-state index contributed by atoms with van der Waals surface area (Å²) >= 11 is 5.76. The predicted molar refractivity (Wildman–Crippen MR) is 86.0 cm³/mol. The number of nitrogens with one attached hydrogen (secondary N) is 1. The van der Waals surface area contributed by atoms with E-state index < -0.39 is 5.82 Å². The number of nitrogens with zero attached hydrogens (tertiary/aromatic N) is 3. The zero-order chi connectivity index (χ0) is 16.2. The van der Waals surface area contributed by atoms with Crippen molar-refractivity contribution in [1.29, 1.82) is 0 Å². The Morgan fingerprint density at radius 2 is 1.96 bits per heavy atom. The minimum Gasteiger partial charge on any atom is -0.390 e. The molecule has 0 saturated heterocycles. The molecule has 7 heteroatoms. The number of hydrogen-bond acceptors (Lipinski definition) is 4. The van der Waals surface area contributed by atoms with Crippen LogP contribution in [0.4, 0.5) is 10.1 Å². The van der Waals surface area contributed by atoms with Crippen LogP contribution in [-0.4, -0.2) is 20.1 Å². The van der Waals surface area contributed by atoms with E-state index in [-0.39, 0.29) is 11.6 Å². The number of benzene rings is 2. The molecule has 1 heterocycles. The summed E-state index contributed by atoms with van der Waals surface area (Å²) in [4.78, 5) is 0. The van der Waals surface area contributed by atoms with Crippen LogP contribution in [0.2, 0.25) is 5.02 Å². The summed E-state index contributed by atoms with van der Waals surface area (Å²) in [5, 5.41) is 20.1. The first kappa shape index (κ1) is 15.5. The number of anilines is 1. The second-order valence-corrected chi connectivity index (χ2v) is 5.37. The summed E-state index contributed by atoms with van der Waals surface area (Å²) in [7, 11) is 0. The third-order valence-corrected chi connectivity index (χ3v) is 3.60. The van der Waals surface area contributed by atoms with E-state index in [4.69, 9.17) is 16.7 Å². The Morgan fingerprint density at radius 3 is 2.61 bits per heavy atom. The number of aliphatic hydroxyl groups excluding tert-OH is 1. The Hall–Kier alpha value is -2.44. The Kier molecular flexibility index (Phi) is 4.55. The fourth-order valence-corrected chi connectivity index (χ4v) is 2.29. The fourth-order valence-electron chi connectivity index (χ4n) is 2.08. The van der Waals surface area contributed by atoms with Crippen LogP contribution in [0.25, 0.3) is 5.69 Å². The van der Waals surface area contributed by atoms with Gasteiger partial charge in [0.25, 0.3) is 0 Å². The summed E-state index contributed by atoms with van der Waals surface area (Å²) in [5.41, 5.74) is 3.16. The highest BCUT2D eigenvalue weighted by molar-refractivity contribution is 6.30. The first-order chi connectivity index (χ1) is 11.2. The highest BCUT2D eigenvalue weighted by Crippen LogP contribution is 2.18. The third-order valence-electron chi connectivity index (χ3n) is 3.32. The van der Waals surface area contributed by atoms with E-state index >= 15 is 0 Å². The van der Waals surface area contributed by atoms with Crippen LogP contribution >= 0.6 is 11.6 Å². The summed E-state index contributed by atoms with van der Waals surface area (Å²) in [6, 6.07) is 12.2. The van der Waals surface area contributed by atoms with Gasteiger partial charge in [0.2, 0.25) is 0 Å². The minimum absolute atomic E-state index is 0.116. The lowest BCUT2D eigenvalue weighted by atomic mass is 10.2. The number of aliphatic hydroxyl groups is 1. The van der Waals surface area contributed by atoms with Crippen LogP contribution in [0.1, 0.15) is 11.3 Å². The maximum atomic E-state index is 13.1.